The van der Waals surface area contributed by atoms with Crippen LogP contribution in [0.15, 0.2) is 24.3 Å². The van der Waals surface area contributed by atoms with Crippen molar-refractivity contribution in [2.24, 2.45) is 7.05 Å². The molecule has 0 unspecified atom stereocenters. The maximum absolute atomic E-state index is 17.5. The fraction of sp³-hybridized carbons (Fsp3) is 0.564. The van der Waals surface area contributed by atoms with Crippen LogP contribution in [-0.2, 0) is 18.2 Å². The van der Waals surface area contributed by atoms with Gasteiger partial charge in [0.25, 0.3) is 5.69 Å². The Balaban J connectivity index is 1.15. The number of piperazine rings is 1. The number of aromatic nitrogens is 3. The number of nitrogens with zero attached hydrogens (tertiary/aromatic N) is 5. The van der Waals surface area contributed by atoms with Gasteiger partial charge in [-0.1, -0.05) is 6.07 Å². The third-order valence-corrected chi connectivity index (χ3v) is 13.2. The predicted molar refractivity (Wildman–Crippen MR) is 189 cm³/mol. The largest absolute Gasteiger partial charge is 0.508 e. The zero-order valence-electron chi connectivity index (χ0n) is 31.6. The average Bonchev–Trinajstić information content (AvgIpc) is 3.78. The Hall–Kier alpha value is -4.30. The van der Waals surface area contributed by atoms with Gasteiger partial charge in [0.05, 0.1) is 17.2 Å². The quantitative estimate of drug-likeness (QED) is 0.155. The Bertz CT molecular complexity index is 2340. The van der Waals surface area contributed by atoms with E-state index in [1.165, 1.54) is 36.1 Å². The third kappa shape index (κ3) is 6.00. The number of aromatic hydroxyl groups is 1. The van der Waals surface area contributed by atoms with Crippen LogP contribution in [0.4, 0.5) is 54.1 Å². The van der Waals surface area contributed by atoms with Crippen molar-refractivity contribution >= 4 is 27.5 Å². The molecule has 2 aromatic carbocycles. The standard InChI is InChI=1S/C39H37F11N6O3/c1-18-24(40)6-4-19-12-21(57)13-23(28(18)19)32-30(41)31-29-27(54(32)2)9-8-26-25-7-5-20(51-25)15-56(26)33(29)53-34(52-31)58-17-35-10-3-11-55(35)16-22(14-35)59-36(37(42,43)44,38(45,46)47)39(48,49)50/h4,6,12-13,20,22,25-26,51H,3,5,7-11,14-17H2,1-2H3/p+1/t20-,22-,25+,26-,35-/m1/s1. The van der Waals surface area contributed by atoms with Gasteiger partial charge in [-0.2, -0.15) is 58.4 Å². The SMILES string of the molecule is Cc1c(F)ccc2cc(O)cc(-c3c(F)c4nc(OC[C@]56CCCN5C[C@H](OC(C(F)(F)F)(C(F)(F)F)C(F)(F)F)C6)nc5c4c([n+]3C)CC[C@@H]3[C@@H]4CC[C@H](CN53)N4)c12. The van der Waals surface area contributed by atoms with E-state index in [-0.39, 0.29) is 65.2 Å². The van der Waals surface area contributed by atoms with Gasteiger partial charge in [-0.25, -0.2) is 4.39 Å². The molecular weight excluding hydrogens is 809 g/mol. The molecule has 9 rings (SSSR count). The molecule has 0 saturated carbocycles. The minimum atomic E-state index is -6.88. The molecule has 2 bridgehead atoms. The highest BCUT2D eigenvalue weighted by Gasteiger charge is 2.86. The molecule has 0 radical (unpaired) electrons. The van der Waals surface area contributed by atoms with E-state index in [0.717, 1.165) is 12.8 Å². The van der Waals surface area contributed by atoms with Crippen molar-refractivity contribution in [2.75, 3.05) is 31.1 Å². The van der Waals surface area contributed by atoms with Gasteiger partial charge in [-0.15, -0.1) is 0 Å². The summed E-state index contributed by atoms with van der Waals surface area (Å²) in [7, 11) is 1.66. The average molecular weight is 848 g/mol. The number of hydrogen-bond acceptors (Lipinski definition) is 8. The van der Waals surface area contributed by atoms with E-state index in [2.05, 4.69) is 19.9 Å². The highest BCUT2D eigenvalue weighted by molar-refractivity contribution is 6.01. The summed E-state index contributed by atoms with van der Waals surface area (Å²) >= 11 is 0. The number of phenolic OH excluding ortho intramolecular Hbond substituents is 1. The summed E-state index contributed by atoms with van der Waals surface area (Å²) in [6.45, 7) is 1.04. The molecule has 5 aliphatic rings. The second-order valence-corrected chi connectivity index (χ2v) is 16.5. The van der Waals surface area contributed by atoms with Crippen LogP contribution in [0.3, 0.4) is 0 Å². The third-order valence-electron chi connectivity index (χ3n) is 13.2. The van der Waals surface area contributed by atoms with E-state index >= 15 is 8.78 Å². The van der Waals surface area contributed by atoms with Gasteiger partial charge in [0.2, 0.25) is 5.82 Å². The normalized spacial score (nSPS) is 26.2. The molecule has 0 spiro atoms. The summed E-state index contributed by atoms with van der Waals surface area (Å²) in [4.78, 5) is 12.9. The van der Waals surface area contributed by atoms with Gasteiger partial charge in [0.1, 0.15) is 36.1 Å². The lowest BCUT2D eigenvalue weighted by Gasteiger charge is -2.41. The first kappa shape index (κ1) is 40.1. The number of nitrogens with one attached hydrogen (secondary N) is 1. The number of alkyl halides is 9. The number of phenols is 1. The molecule has 5 atom stereocenters. The van der Waals surface area contributed by atoms with Gasteiger partial charge in [0.15, 0.2) is 11.5 Å². The Morgan fingerprint density at radius 3 is 2.39 bits per heavy atom. The van der Waals surface area contributed by atoms with Crippen LogP contribution in [0.5, 0.6) is 11.8 Å². The molecule has 4 aromatic rings. The Morgan fingerprint density at radius 1 is 0.949 bits per heavy atom. The molecule has 4 fully saturated rings. The van der Waals surface area contributed by atoms with Crippen molar-refractivity contribution in [3.05, 3.63) is 47.2 Å². The summed E-state index contributed by atoms with van der Waals surface area (Å²) in [5.41, 5.74) is -6.93. The number of aryl methyl sites for hydroxylation is 2. The van der Waals surface area contributed by atoms with E-state index in [4.69, 9.17) is 9.72 Å². The molecule has 2 N–H and O–H groups in total. The molecule has 2 aromatic heterocycles. The monoisotopic (exact) mass is 847 g/mol. The van der Waals surface area contributed by atoms with Crippen LogP contribution in [0.25, 0.3) is 32.9 Å². The number of fused-ring (bicyclic) bond motifs is 7. The van der Waals surface area contributed by atoms with Crippen LogP contribution in [0.1, 0.15) is 49.8 Å². The van der Waals surface area contributed by atoms with Crippen LogP contribution in [0, 0.1) is 18.6 Å². The minimum Gasteiger partial charge on any atom is -0.508 e. The number of benzene rings is 2. The van der Waals surface area contributed by atoms with Crippen molar-refractivity contribution in [1.29, 1.82) is 0 Å². The van der Waals surface area contributed by atoms with E-state index in [9.17, 15) is 44.6 Å². The molecule has 0 amide bonds. The summed E-state index contributed by atoms with van der Waals surface area (Å²) < 4.78 is 169. The number of hydrogen-bond donors (Lipinski definition) is 2. The van der Waals surface area contributed by atoms with Crippen molar-refractivity contribution in [3.8, 4) is 23.0 Å². The van der Waals surface area contributed by atoms with Gasteiger partial charge >= 0.3 is 30.1 Å². The second-order valence-electron chi connectivity index (χ2n) is 16.5. The first-order valence-electron chi connectivity index (χ1n) is 19.3. The van der Waals surface area contributed by atoms with E-state index in [1.807, 2.05) is 0 Å². The van der Waals surface area contributed by atoms with Crippen molar-refractivity contribution < 1.29 is 67.4 Å². The van der Waals surface area contributed by atoms with Crippen molar-refractivity contribution in [2.45, 2.75) is 106 Å². The highest BCUT2D eigenvalue weighted by Crippen LogP contribution is 2.57. The van der Waals surface area contributed by atoms with Crippen LogP contribution in [0.2, 0.25) is 0 Å². The van der Waals surface area contributed by atoms with E-state index in [1.54, 1.807) is 11.6 Å². The number of rotatable bonds is 6. The highest BCUT2D eigenvalue weighted by atomic mass is 19.4. The summed E-state index contributed by atoms with van der Waals surface area (Å²) in [5.74, 6) is -1.26. The van der Waals surface area contributed by atoms with Crippen LogP contribution >= 0.6 is 0 Å². The molecule has 20 heteroatoms. The lowest BCUT2D eigenvalue weighted by Crippen LogP contribution is -2.68. The van der Waals surface area contributed by atoms with Crippen LogP contribution in [-0.4, -0.2) is 100 Å². The lowest BCUT2D eigenvalue weighted by molar-refractivity contribution is -0.667. The molecule has 318 valence electrons. The number of halogens is 11. The summed E-state index contributed by atoms with van der Waals surface area (Å²) in [6, 6.07) is 5.20. The number of pyridine rings is 1. The molecule has 7 heterocycles. The zero-order chi connectivity index (χ0) is 42.2. The molecule has 5 aliphatic heterocycles. The van der Waals surface area contributed by atoms with Gasteiger partial charge < -0.3 is 24.8 Å². The van der Waals surface area contributed by atoms with Crippen molar-refractivity contribution in [1.82, 2.24) is 20.2 Å². The maximum Gasteiger partial charge on any atom is 0.435 e. The predicted octanol–water partition coefficient (Wildman–Crippen LogP) is 7.25. The topological polar surface area (TPSA) is 86.9 Å². The maximum atomic E-state index is 17.5. The van der Waals surface area contributed by atoms with Gasteiger partial charge in [-0.3, -0.25) is 4.90 Å². The number of ether oxygens (including phenoxy) is 2. The molecule has 0 aliphatic carbocycles. The van der Waals surface area contributed by atoms with Crippen molar-refractivity contribution in [3.63, 3.8) is 0 Å². The minimum absolute atomic E-state index is 0.0176. The Kier molecular flexibility index (Phi) is 9.08. The summed E-state index contributed by atoms with van der Waals surface area (Å²) in [6.07, 6.45) is -20.1. The molecule has 9 nitrogen and oxygen atoms in total. The molecule has 4 saturated heterocycles. The smallest absolute Gasteiger partial charge is 0.435 e. The second kappa shape index (κ2) is 13.3. The first-order valence-corrected chi connectivity index (χ1v) is 19.3. The van der Waals surface area contributed by atoms with Crippen LogP contribution < -0.4 is 19.5 Å². The zero-order valence-corrected chi connectivity index (χ0v) is 31.6. The van der Waals surface area contributed by atoms with Gasteiger partial charge in [0, 0.05) is 43.0 Å². The Morgan fingerprint density at radius 2 is 1.68 bits per heavy atom. The fourth-order valence-corrected chi connectivity index (χ4v) is 10.5. The first-order chi connectivity index (χ1) is 27.6. The number of anilines is 1. The lowest BCUT2D eigenvalue weighted by atomic mass is 9.93. The molecular formula is C39H38F11N6O3+. The van der Waals surface area contributed by atoms with Gasteiger partial charge in [-0.05, 0) is 81.1 Å². The van der Waals surface area contributed by atoms with E-state index in [0.29, 0.717) is 53.5 Å². The van der Waals surface area contributed by atoms with E-state index < -0.39 is 67.0 Å². The molecule has 59 heavy (non-hydrogen) atoms. The summed E-state index contributed by atoms with van der Waals surface area (Å²) in [5, 5.41) is 15.6. The fourth-order valence-electron chi connectivity index (χ4n) is 10.5. The Labute approximate surface area is 329 Å².